The maximum atomic E-state index is 12.5. The van der Waals surface area contributed by atoms with Crippen molar-refractivity contribution in [2.45, 2.75) is 45.6 Å². The standard InChI is InChI=1S/C21H31N3O4/c1-4-6-13-23(3)20(26)17-9-7-16(8-10-17)19(25)22-18-11-14-24(15-12-18)21(27)28-5-2/h7-10,18H,4-6,11-15H2,1-3H3,(H,22,25). The predicted molar refractivity (Wildman–Crippen MR) is 107 cm³/mol. The first kappa shape index (κ1) is 21.7. The molecule has 28 heavy (non-hydrogen) atoms. The van der Waals surface area contributed by atoms with Gasteiger partial charge in [0.2, 0.25) is 0 Å². The van der Waals surface area contributed by atoms with Crippen LogP contribution in [-0.2, 0) is 4.74 Å². The van der Waals surface area contributed by atoms with Crippen molar-refractivity contribution in [1.82, 2.24) is 15.1 Å². The number of rotatable bonds is 7. The lowest BCUT2D eigenvalue weighted by Crippen LogP contribution is -2.46. The summed E-state index contributed by atoms with van der Waals surface area (Å²) in [7, 11) is 1.79. The average Bonchev–Trinajstić information content (AvgIpc) is 2.72. The fourth-order valence-electron chi connectivity index (χ4n) is 3.17. The fourth-order valence-corrected chi connectivity index (χ4v) is 3.17. The van der Waals surface area contributed by atoms with Gasteiger partial charge in [-0.2, -0.15) is 0 Å². The van der Waals surface area contributed by atoms with Crippen LogP contribution in [0, 0.1) is 0 Å². The van der Waals surface area contributed by atoms with Gasteiger partial charge in [0.25, 0.3) is 11.8 Å². The Morgan fingerprint density at radius 2 is 1.71 bits per heavy atom. The lowest BCUT2D eigenvalue weighted by molar-refractivity contribution is 0.0790. The Hall–Kier alpha value is -2.57. The molecule has 0 spiro atoms. The van der Waals surface area contributed by atoms with E-state index in [9.17, 15) is 14.4 Å². The van der Waals surface area contributed by atoms with Gasteiger partial charge in [-0.25, -0.2) is 4.79 Å². The van der Waals surface area contributed by atoms with Crippen LogP contribution in [0.2, 0.25) is 0 Å². The van der Waals surface area contributed by atoms with Crippen LogP contribution >= 0.6 is 0 Å². The highest BCUT2D eigenvalue weighted by Gasteiger charge is 2.24. The molecule has 7 heteroatoms. The number of nitrogens with zero attached hydrogens (tertiary/aromatic N) is 2. The van der Waals surface area contributed by atoms with Gasteiger partial charge in [0.05, 0.1) is 6.61 Å². The minimum absolute atomic E-state index is 0.0275. The summed E-state index contributed by atoms with van der Waals surface area (Å²) in [5.41, 5.74) is 1.11. The summed E-state index contributed by atoms with van der Waals surface area (Å²) in [4.78, 5) is 39.9. The molecule has 0 aromatic heterocycles. The van der Waals surface area contributed by atoms with Gasteiger partial charge >= 0.3 is 6.09 Å². The van der Waals surface area contributed by atoms with Crippen molar-refractivity contribution in [2.75, 3.05) is 33.3 Å². The molecule has 1 aliphatic rings. The second-order valence-electron chi connectivity index (χ2n) is 7.09. The Labute approximate surface area is 167 Å². The molecule has 154 valence electrons. The van der Waals surface area contributed by atoms with Gasteiger partial charge in [-0.15, -0.1) is 0 Å². The van der Waals surface area contributed by atoms with Crippen LogP contribution in [0.1, 0.15) is 60.2 Å². The minimum Gasteiger partial charge on any atom is -0.450 e. The number of piperidine rings is 1. The molecule has 1 aliphatic heterocycles. The molecule has 0 atom stereocenters. The monoisotopic (exact) mass is 389 g/mol. The number of hydrogen-bond donors (Lipinski definition) is 1. The summed E-state index contributed by atoms with van der Waals surface area (Å²) in [6.07, 6.45) is 3.11. The highest BCUT2D eigenvalue weighted by atomic mass is 16.6. The highest BCUT2D eigenvalue weighted by Crippen LogP contribution is 2.13. The molecule has 0 unspecified atom stereocenters. The van der Waals surface area contributed by atoms with Gasteiger partial charge in [-0.3, -0.25) is 9.59 Å². The van der Waals surface area contributed by atoms with Gasteiger partial charge < -0.3 is 19.9 Å². The molecule has 1 fully saturated rings. The minimum atomic E-state index is -0.295. The Morgan fingerprint density at radius 1 is 1.11 bits per heavy atom. The maximum Gasteiger partial charge on any atom is 0.409 e. The van der Waals surface area contributed by atoms with Gasteiger partial charge in [0.15, 0.2) is 0 Å². The normalized spacial score (nSPS) is 14.5. The van der Waals surface area contributed by atoms with Crippen molar-refractivity contribution >= 4 is 17.9 Å². The molecule has 1 N–H and O–H groups in total. The molecule has 0 radical (unpaired) electrons. The van der Waals surface area contributed by atoms with Crippen LogP contribution in [0.4, 0.5) is 4.79 Å². The molecule has 0 aliphatic carbocycles. The third-order valence-corrected chi connectivity index (χ3v) is 4.94. The van der Waals surface area contributed by atoms with Crippen molar-refractivity contribution < 1.29 is 19.1 Å². The topological polar surface area (TPSA) is 79.0 Å². The van der Waals surface area contributed by atoms with Gasteiger partial charge in [-0.05, 0) is 50.5 Å². The molecular weight excluding hydrogens is 358 g/mol. The third-order valence-electron chi connectivity index (χ3n) is 4.94. The number of carbonyl (C=O) groups excluding carboxylic acids is 3. The molecule has 0 saturated carbocycles. The number of carbonyl (C=O) groups is 3. The summed E-state index contributed by atoms with van der Waals surface area (Å²) < 4.78 is 5.00. The predicted octanol–water partition coefficient (Wildman–Crippen LogP) is 2.91. The van der Waals surface area contributed by atoms with E-state index in [4.69, 9.17) is 4.74 Å². The van der Waals surface area contributed by atoms with E-state index in [2.05, 4.69) is 12.2 Å². The number of ether oxygens (including phenoxy) is 1. The van der Waals surface area contributed by atoms with E-state index >= 15 is 0 Å². The van der Waals surface area contributed by atoms with Crippen LogP contribution in [0.3, 0.4) is 0 Å². The third kappa shape index (κ3) is 5.97. The van der Waals surface area contributed by atoms with Crippen LogP contribution in [0.5, 0.6) is 0 Å². The molecule has 1 aromatic carbocycles. The Kier molecular flexibility index (Phi) is 8.29. The number of amides is 3. The van der Waals surface area contributed by atoms with E-state index in [1.54, 1.807) is 48.0 Å². The van der Waals surface area contributed by atoms with Crippen molar-refractivity contribution in [2.24, 2.45) is 0 Å². The van der Waals surface area contributed by atoms with Gasteiger partial charge in [0, 0.05) is 43.9 Å². The molecule has 3 amide bonds. The molecule has 1 aromatic rings. The summed E-state index contributed by atoms with van der Waals surface area (Å²) >= 11 is 0. The van der Waals surface area contributed by atoms with Crippen molar-refractivity contribution in [3.63, 3.8) is 0 Å². The lowest BCUT2D eigenvalue weighted by Gasteiger charge is -2.31. The van der Waals surface area contributed by atoms with Gasteiger partial charge in [0.1, 0.15) is 0 Å². The summed E-state index contributed by atoms with van der Waals surface area (Å²) in [5.74, 6) is -0.195. The zero-order valence-electron chi connectivity index (χ0n) is 17.1. The zero-order chi connectivity index (χ0) is 20.5. The molecule has 7 nitrogen and oxygen atoms in total. The number of unbranched alkanes of at least 4 members (excludes halogenated alkanes) is 1. The van der Waals surface area contributed by atoms with Crippen molar-refractivity contribution in [1.29, 1.82) is 0 Å². The van der Waals surface area contributed by atoms with Gasteiger partial charge in [-0.1, -0.05) is 13.3 Å². The average molecular weight is 389 g/mol. The van der Waals surface area contributed by atoms with Crippen molar-refractivity contribution in [3.05, 3.63) is 35.4 Å². The number of likely N-dealkylation sites (tertiary alicyclic amines) is 1. The van der Waals surface area contributed by atoms with Crippen LogP contribution in [-0.4, -0.2) is 67.0 Å². The molecular formula is C21H31N3O4. The Balaban J connectivity index is 1.85. The van der Waals surface area contributed by atoms with Crippen LogP contribution < -0.4 is 5.32 Å². The van der Waals surface area contributed by atoms with Crippen LogP contribution in [0.25, 0.3) is 0 Å². The first-order valence-corrected chi connectivity index (χ1v) is 10.0. The van der Waals surface area contributed by atoms with E-state index in [0.29, 0.717) is 43.7 Å². The van der Waals surface area contributed by atoms with E-state index in [-0.39, 0.29) is 23.9 Å². The number of nitrogens with one attached hydrogen (secondary N) is 1. The first-order valence-electron chi connectivity index (χ1n) is 10.0. The molecule has 1 saturated heterocycles. The first-order chi connectivity index (χ1) is 13.5. The lowest BCUT2D eigenvalue weighted by atomic mass is 10.0. The summed E-state index contributed by atoms with van der Waals surface area (Å²) in [5, 5.41) is 3.01. The van der Waals surface area contributed by atoms with E-state index in [0.717, 1.165) is 19.4 Å². The number of hydrogen-bond acceptors (Lipinski definition) is 4. The SMILES string of the molecule is CCCCN(C)C(=O)c1ccc(C(=O)NC2CCN(C(=O)OCC)CC2)cc1. The second kappa shape index (κ2) is 10.7. The smallest absolute Gasteiger partial charge is 0.409 e. The summed E-state index contributed by atoms with van der Waals surface area (Å²) in [6.45, 7) is 6.10. The zero-order valence-corrected chi connectivity index (χ0v) is 17.1. The Morgan fingerprint density at radius 3 is 2.29 bits per heavy atom. The van der Waals surface area contributed by atoms with Crippen LogP contribution in [0.15, 0.2) is 24.3 Å². The highest BCUT2D eigenvalue weighted by molar-refractivity contribution is 5.97. The molecule has 0 bridgehead atoms. The Bertz CT molecular complexity index is 667. The fraction of sp³-hybridized carbons (Fsp3) is 0.571. The van der Waals surface area contributed by atoms with E-state index in [1.165, 1.54) is 0 Å². The molecule has 2 rings (SSSR count). The maximum absolute atomic E-state index is 12.5. The van der Waals surface area contributed by atoms with Crippen molar-refractivity contribution in [3.8, 4) is 0 Å². The molecule has 1 heterocycles. The van der Waals surface area contributed by atoms with E-state index in [1.807, 2.05) is 0 Å². The second-order valence-corrected chi connectivity index (χ2v) is 7.09. The quantitative estimate of drug-likeness (QED) is 0.778. The van der Waals surface area contributed by atoms with E-state index < -0.39 is 0 Å². The largest absolute Gasteiger partial charge is 0.450 e. The number of benzene rings is 1. The summed E-state index contributed by atoms with van der Waals surface area (Å²) in [6, 6.07) is 6.79.